The van der Waals surface area contributed by atoms with Crippen LogP contribution in [0.2, 0.25) is 0 Å². The van der Waals surface area contributed by atoms with Gasteiger partial charge < -0.3 is 5.32 Å². The predicted molar refractivity (Wildman–Crippen MR) is 81.6 cm³/mol. The Balaban J connectivity index is 2.23. The van der Waals surface area contributed by atoms with Crippen molar-refractivity contribution in [2.75, 3.05) is 13.1 Å². The topological polar surface area (TPSA) is 101 Å². The summed E-state index contributed by atoms with van der Waals surface area (Å²) in [5, 5.41) is 13.9. The number of hydrogen-bond acceptors (Lipinski definition) is 5. The molecule has 0 spiro atoms. The van der Waals surface area contributed by atoms with E-state index in [4.69, 9.17) is 0 Å². The third-order valence-corrected chi connectivity index (χ3v) is 5.68. The summed E-state index contributed by atoms with van der Waals surface area (Å²) in [4.78, 5) is 10.2. The Morgan fingerprint density at radius 3 is 2.76 bits per heavy atom. The Hall–Kier alpha value is -1.03. The van der Waals surface area contributed by atoms with Crippen molar-refractivity contribution in [1.29, 1.82) is 0 Å². The molecule has 1 aromatic rings. The van der Waals surface area contributed by atoms with Gasteiger partial charge in [-0.2, -0.15) is 0 Å². The first-order chi connectivity index (χ1) is 9.81. The summed E-state index contributed by atoms with van der Waals surface area (Å²) in [5.41, 5.74) is -0.165. The molecule has 0 aromatic heterocycles. The Morgan fingerprint density at radius 1 is 1.48 bits per heavy atom. The van der Waals surface area contributed by atoms with Gasteiger partial charge in [-0.1, -0.05) is 6.92 Å². The quantitative estimate of drug-likeness (QED) is 0.613. The van der Waals surface area contributed by atoms with E-state index in [-0.39, 0.29) is 27.0 Å². The molecule has 0 saturated carbocycles. The average Bonchev–Trinajstić information content (AvgIpc) is 2.40. The SMILES string of the molecule is CC1CCNCC1NS(=O)(=O)c1ccc([N+](=O)[O-])c(Br)c1. The largest absolute Gasteiger partial charge is 0.315 e. The minimum atomic E-state index is -3.70. The molecular weight excluding hydrogens is 362 g/mol. The summed E-state index contributed by atoms with van der Waals surface area (Å²) in [6.45, 7) is 3.46. The third-order valence-electron chi connectivity index (χ3n) is 3.56. The number of nitrogens with zero attached hydrogens (tertiary/aromatic N) is 1. The van der Waals surface area contributed by atoms with Crippen molar-refractivity contribution in [2.24, 2.45) is 5.92 Å². The first-order valence-corrected chi connectivity index (χ1v) is 8.76. The number of sulfonamides is 1. The van der Waals surface area contributed by atoms with Gasteiger partial charge in [0, 0.05) is 18.7 Å². The van der Waals surface area contributed by atoms with Gasteiger partial charge in [0.1, 0.15) is 0 Å². The molecule has 1 heterocycles. The van der Waals surface area contributed by atoms with Crippen molar-refractivity contribution >= 4 is 31.6 Å². The molecule has 2 atom stereocenters. The highest BCUT2D eigenvalue weighted by molar-refractivity contribution is 9.10. The molecule has 1 aromatic carbocycles. The number of nitro benzene ring substituents is 1. The number of nitro groups is 1. The zero-order chi connectivity index (χ0) is 15.6. The van der Waals surface area contributed by atoms with Gasteiger partial charge in [0.2, 0.25) is 10.0 Å². The zero-order valence-electron chi connectivity index (χ0n) is 11.4. The lowest BCUT2D eigenvalue weighted by atomic mass is 9.96. The maximum Gasteiger partial charge on any atom is 0.283 e. The Labute approximate surface area is 131 Å². The van der Waals surface area contributed by atoms with Gasteiger partial charge in [0.15, 0.2) is 0 Å². The van der Waals surface area contributed by atoms with E-state index in [0.29, 0.717) is 6.54 Å². The van der Waals surface area contributed by atoms with Crippen molar-refractivity contribution in [1.82, 2.24) is 10.0 Å². The van der Waals surface area contributed by atoms with Crippen molar-refractivity contribution in [3.05, 3.63) is 32.8 Å². The van der Waals surface area contributed by atoms with Gasteiger partial charge in [-0.3, -0.25) is 10.1 Å². The van der Waals surface area contributed by atoms with E-state index in [1.165, 1.54) is 18.2 Å². The van der Waals surface area contributed by atoms with E-state index in [2.05, 4.69) is 26.0 Å². The average molecular weight is 378 g/mol. The van der Waals surface area contributed by atoms with Crippen LogP contribution in [0.25, 0.3) is 0 Å². The van der Waals surface area contributed by atoms with Crippen LogP contribution in [0.4, 0.5) is 5.69 Å². The fourth-order valence-corrected chi connectivity index (χ4v) is 4.26. The summed E-state index contributed by atoms with van der Waals surface area (Å²) in [5.74, 6) is 0.238. The number of hydrogen-bond donors (Lipinski definition) is 2. The Kier molecular flexibility index (Phi) is 4.97. The first-order valence-electron chi connectivity index (χ1n) is 6.48. The monoisotopic (exact) mass is 377 g/mol. The van der Waals surface area contributed by atoms with E-state index in [0.717, 1.165) is 13.0 Å². The van der Waals surface area contributed by atoms with Crippen molar-refractivity contribution in [3.63, 3.8) is 0 Å². The van der Waals surface area contributed by atoms with Crippen LogP contribution in [0.3, 0.4) is 0 Å². The van der Waals surface area contributed by atoms with Crippen LogP contribution >= 0.6 is 15.9 Å². The number of halogens is 1. The van der Waals surface area contributed by atoms with Crippen LogP contribution in [0.1, 0.15) is 13.3 Å². The highest BCUT2D eigenvalue weighted by Crippen LogP contribution is 2.27. The van der Waals surface area contributed by atoms with E-state index >= 15 is 0 Å². The molecule has 2 unspecified atom stereocenters. The standard InChI is InChI=1S/C12H16BrN3O4S/c1-8-4-5-14-7-11(8)15-21(19,20)9-2-3-12(16(17)18)10(13)6-9/h2-3,6,8,11,14-15H,4-5,7H2,1H3. The van der Waals surface area contributed by atoms with E-state index < -0.39 is 14.9 Å². The van der Waals surface area contributed by atoms with Crippen LogP contribution in [-0.2, 0) is 10.0 Å². The van der Waals surface area contributed by atoms with Gasteiger partial charge in [-0.25, -0.2) is 13.1 Å². The number of benzene rings is 1. The molecule has 0 aliphatic carbocycles. The molecule has 7 nitrogen and oxygen atoms in total. The zero-order valence-corrected chi connectivity index (χ0v) is 13.8. The van der Waals surface area contributed by atoms with E-state index in [1.54, 1.807) is 0 Å². The number of nitrogens with one attached hydrogen (secondary N) is 2. The van der Waals surface area contributed by atoms with E-state index in [9.17, 15) is 18.5 Å². The third kappa shape index (κ3) is 3.79. The Morgan fingerprint density at radius 2 is 2.19 bits per heavy atom. The van der Waals surface area contributed by atoms with E-state index in [1.807, 2.05) is 6.92 Å². The van der Waals surface area contributed by atoms with Gasteiger partial charge in [0.05, 0.1) is 14.3 Å². The molecule has 1 fully saturated rings. The van der Waals surface area contributed by atoms with Crippen LogP contribution < -0.4 is 10.0 Å². The molecule has 0 radical (unpaired) electrons. The van der Waals surface area contributed by atoms with Crippen molar-refractivity contribution in [3.8, 4) is 0 Å². The van der Waals surface area contributed by atoms with Crippen molar-refractivity contribution in [2.45, 2.75) is 24.3 Å². The first kappa shape index (κ1) is 16.3. The highest BCUT2D eigenvalue weighted by Gasteiger charge is 2.27. The number of piperidine rings is 1. The molecule has 1 saturated heterocycles. The molecule has 1 aliphatic rings. The summed E-state index contributed by atoms with van der Waals surface area (Å²) < 4.78 is 27.5. The van der Waals surface area contributed by atoms with Crippen LogP contribution in [0.15, 0.2) is 27.6 Å². The minimum absolute atomic E-state index is 0.0118. The molecule has 0 amide bonds. The lowest BCUT2D eigenvalue weighted by molar-refractivity contribution is -0.385. The normalized spacial score (nSPS) is 23.0. The molecule has 2 N–H and O–H groups in total. The molecule has 21 heavy (non-hydrogen) atoms. The summed E-state index contributed by atoms with van der Waals surface area (Å²) >= 11 is 3.03. The summed E-state index contributed by atoms with van der Waals surface area (Å²) in [6, 6.07) is 3.49. The fraction of sp³-hybridized carbons (Fsp3) is 0.500. The van der Waals surface area contributed by atoms with Gasteiger partial charge in [-0.15, -0.1) is 0 Å². The van der Waals surface area contributed by atoms with Crippen LogP contribution in [-0.4, -0.2) is 32.5 Å². The second-order valence-corrected chi connectivity index (χ2v) is 7.64. The van der Waals surface area contributed by atoms with Crippen LogP contribution in [0, 0.1) is 16.0 Å². The van der Waals surface area contributed by atoms with Gasteiger partial charge in [0.25, 0.3) is 5.69 Å². The van der Waals surface area contributed by atoms with Gasteiger partial charge in [-0.05, 0) is 46.9 Å². The highest BCUT2D eigenvalue weighted by atomic mass is 79.9. The summed E-state index contributed by atoms with van der Waals surface area (Å²) in [6.07, 6.45) is 0.900. The maximum atomic E-state index is 12.3. The molecule has 9 heteroatoms. The lowest BCUT2D eigenvalue weighted by Crippen LogP contribution is -2.50. The van der Waals surface area contributed by atoms with Crippen molar-refractivity contribution < 1.29 is 13.3 Å². The fourth-order valence-electron chi connectivity index (χ4n) is 2.22. The lowest BCUT2D eigenvalue weighted by Gasteiger charge is -2.29. The van der Waals surface area contributed by atoms with Gasteiger partial charge >= 0.3 is 0 Å². The molecule has 0 bridgehead atoms. The van der Waals surface area contributed by atoms with Crippen LogP contribution in [0.5, 0.6) is 0 Å². The molecule has 2 rings (SSSR count). The molecule has 116 valence electrons. The summed E-state index contributed by atoms with van der Waals surface area (Å²) in [7, 11) is -3.70. The molecular formula is C12H16BrN3O4S. The maximum absolute atomic E-state index is 12.3. The molecule has 1 aliphatic heterocycles. The Bertz CT molecular complexity index is 650. The smallest absolute Gasteiger partial charge is 0.283 e. The second-order valence-electron chi connectivity index (χ2n) is 5.07. The minimum Gasteiger partial charge on any atom is -0.315 e. The predicted octanol–water partition coefficient (Wildman–Crippen LogP) is 1.63. The number of rotatable bonds is 4. The second kappa shape index (κ2) is 6.39.